The van der Waals surface area contributed by atoms with Gasteiger partial charge in [-0.05, 0) is 79.2 Å². The second kappa shape index (κ2) is 9.77. The lowest BCUT2D eigenvalue weighted by atomic mass is 9.68. The highest BCUT2D eigenvalue weighted by Crippen LogP contribution is 2.48. The quantitative estimate of drug-likeness (QED) is 0.427. The van der Waals surface area contributed by atoms with Gasteiger partial charge in [0.05, 0.1) is 0 Å². The highest BCUT2D eigenvalue weighted by atomic mass is 16.3. The number of rotatable bonds is 5. The van der Waals surface area contributed by atoms with E-state index in [1.165, 1.54) is 22.3 Å². The van der Waals surface area contributed by atoms with Gasteiger partial charge in [-0.3, -0.25) is 0 Å². The largest absolute Gasteiger partial charge is 0.507 e. The maximum Gasteiger partial charge on any atom is 0.124 e. The number of phenolic OH excluding ortho intramolecular Hbond substituents is 1. The average Bonchev–Trinajstić information content (AvgIpc) is 2.61. The lowest BCUT2D eigenvalue weighted by Crippen LogP contribution is -2.26. The Morgan fingerprint density at radius 2 is 0.919 bits per heavy atom. The summed E-state index contributed by atoms with van der Waals surface area (Å²) in [5, 5.41) is 11.7. The normalized spacial score (nSPS) is 14.3. The molecular weight excluding hydrogens is 448 g/mol. The van der Waals surface area contributed by atoms with Crippen molar-refractivity contribution >= 4 is 0 Å². The van der Waals surface area contributed by atoms with Gasteiger partial charge in [-0.15, -0.1) is 0 Å². The summed E-state index contributed by atoms with van der Waals surface area (Å²) < 4.78 is 0. The summed E-state index contributed by atoms with van der Waals surface area (Å²) in [6.07, 6.45) is 2.16. The van der Waals surface area contributed by atoms with Gasteiger partial charge in [0.1, 0.15) is 5.75 Å². The van der Waals surface area contributed by atoms with Crippen molar-refractivity contribution in [3.63, 3.8) is 0 Å². The van der Waals surface area contributed by atoms with E-state index in [2.05, 4.69) is 135 Å². The predicted octanol–water partition coefficient (Wildman–Crippen LogP) is 11.1. The Morgan fingerprint density at radius 3 is 1.32 bits per heavy atom. The van der Waals surface area contributed by atoms with Gasteiger partial charge in [0.15, 0.2) is 0 Å². The second-order valence-electron chi connectivity index (χ2n) is 17.4. The first kappa shape index (κ1) is 31.5. The van der Waals surface area contributed by atoms with Gasteiger partial charge in [-0.25, -0.2) is 0 Å². The molecule has 0 amide bonds. The maximum atomic E-state index is 11.7. The lowest BCUT2D eigenvalue weighted by Gasteiger charge is -2.36. The summed E-state index contributed by atoms with van der Waals surface area (Å²) in [5.41, 5.74) is 7.56. The standard InChI is InChI=1S/C36H58O/c1-31(2,3)22-35(13,14)24-17-18-26(27(19-24)33(7,8)9)30-28(34(10,11)12)20-25(21-29(30)37)36(15,16)23-32(4,5)6/h17-21,37H,22-23H2,1-16H3. The van der Waals surface area contributed by atoms with Crippen molar-refractivity contribution in [3.8, 4) is 16.9 Å². The molecule has 2 aromatic rings. The maximum absolute atomic E-state index is 11.7. The Bertz CT molecular complexity index is 1100. The van der Waals surface area contributed by atoms with Crippen molar-refractivity contribution in [1.29, 1.82) is 0 Å². The van der Waals surface area contributed by atoms with Gasteiger partial charge < -0.3 is 5.11 Å². The third-order valence-electron chi connectivity index (χ3n) is 7.53. The first-order valence-corrected chi connectivity index (χ1v) is 14.3. The Kier molecular flexibility index (Phi) is 8.30. The number of benzene rings is 2. The van der Waals surface area contributed by atoms with Crippen LogP contribution in [0, 0.1) is 10.8 Å². The van der Waals surface area contributed by atoms with E-state index in [4.69, 9.17) is 0 Å². The van der Waals surface area contributed by atoms with Crippen LogP contribution in [0.1, 0.15) is 146 Å². The summed E-state index contributed by atoms with van der Waals surface area (Å²) in [4.78, 5) is 0. The van der Waals surface area contributed by atoms with Crippen LogP contribution in [0.3, 0.4) is 0 Å². The number of phenols is 1. The lowest BCUT2D eigenvalue weighted by molar-refractivity contribution is 0.283. The van der Waals surface area contributed by atoms with Crippen LogP contribution in [0.2, 0.25) is 0 Å². The van der Waals surface area contributed by atoms with Crippen LogP contribution in [0.5, 0.6) is 5.75 Å². The van der Waals surface area contributed by atoms with Crippen molar-refractivity contribution in [2.75, 3.05) is 0 Å². The molecule has 0 heterocycles. The fraction of sp³-hybridized carbons (Fsp3) is 0.667. The molecule has 0 aliphatic heterocycles. The minimum Gasteiger partial charge on any atom is -0.507 e. The van der Waals surface area contributed by atoms with Crippen LogP contribution >= 0.6 is 0 Å². The van der Waals surface area contributed by atoms with Crippen LogP contribution in [0.15, 0.2) is 30.3 Å². The molecule has 208 valence electrons. The minimum absolute atomic E-state index is 0.0397. The molecule has 2 aromatic carbocycles. The molecule has 0 aromatic heterocycles. The van der Waals surface area contributed by atoms with Gasteiger partial charge in [-0.1, -0.05) is 135 Å². The van der Waals surface area contributed by atoms with E-state index in [1.807, 2.05) is 6.07 Å². The second-order valence-corrected chi connectivity index (χ2v) is 17.4. The fourth-order valence-corrected chi connectivity index (χ4v) is 6.55. The molecule has 1 nitrogen and oxygen atoms in total. The van der Waals surface area contributed by atoms with Crippen LogP contribution in [-0.4, -0.2) is 5.11 Å². The molecule has 0 radical (unpaired) electrons. The van der Waals surface area contributed by atoms with Crippen LogP contribution in [0.4, 0.5) is 0 Å². The zero-order valence-corrected chi connectivity index (χ0v) is 27.2. The van der Waals surface area contributed by atoms with E-state index in [0.29, 0.717) is 5.75 Å². The molecular formula is C36H58O. The van der Waals surface area contributed by atoms with E-state index in [9.17, 15) is 5.11 Å². The highest BCUT2D eigenvalue weighted by molar-refractivity contribution is 5.79. The van der Waals surface area contributed by atoms with Gasteiger partial charge >= 0.3 is 0 Å². The van der Waals surface area contributed by atoms with Crippen molar-refractivity contribution < 1.29 is 5.11 Å². The molecule has 0 atom stereocenters. The van der Waals surface area contributed by atoms with Crippen LogP contribution in [-0.2, 0) is 21.7 Å². The molecule has 2 rings (SSSR count). The Hall–Kier alpha value is -1.76. The summed E-state index contributed by atoms with van der Waals surface area (Å²) >= 11 is 0. The Labute approximate surface area is 230 Å². The molecule has 1 heteroatoms. The van der Waals surface area contributed by atoms with E-state index < -0.39 is 0 Å². The van der Waals surface area contributed by atoms with E-state index in [0.717, 1.165) is 24.0 Å². The fourth-order valence-electron chi connectivity index (χ4n) is 6.55. The average molecular weight is 507 g/mol. The molecule has 0 saturated carbocycles. The SMILES string of the molecule is CC(C)(C)CC(C)(C)c1ccc(-c2c(O)cc(C(C)(C)CC(C)(C)C)cc2C(C)(C)C)c(C(C)(C)C)c1. The summed E-state index contributed by atoms with van der Waals surface area (Å²) in [5.74, 6) is 0.400. The topological polar surface area (TPSA) is 20.2 Å². The Balaban J connectivity index is 2.87. The molecule has 1 N–H and O–H groups in total. The third kappa shape index (κ3) is 7.87. The van der Waals surface area contributed by atoms with Gasteiger partial charge in [0.25, 0.3) is 0 Å². The number of aromatic hydroxyl groups is 1. The summed E-state index contributed by atoms with van der Waals surface area (Å²) in [7, 11) is 0. The minimum atomic E-state index is -0.111. The van der Waals surface area contributed by atoms with Crippen molar-refractivity contribution in [2.24, 2.45) is 10.8 Å². The molecule has 37 heavy (non-hydrogen) atoms. The summed E-state index contributed by atoms with van der Waals surface area (Å²) in [6, 6.07) is 11.4. The molecule has 0 saturated heterocycles. The van der Waals surface area contributed by atoms with Gasteiger partial charge in [0, 0.05) is 5.56 Å². The molecule has 0 bridgehead atoms. The smallest absolute Gasteiger partial charge is 0.124 e. The van der Waals surface area contributed by atoms with Crippen molar-refractivity contribution in [2.45, 2.75) is 145 Å². The molecule has 0 aliphatic rings. The number of hydrogen-bond donors (Lipinski definition) is 1. The molecule has 0 spiro atoms. The van der Waals surface area contributed by atoms with Gasteiger partial charge in [0.2, 0.25) is 0 Å². The Morgan fingerprint density at radius 1 is 0.514 bits per heavy atom. The first-order valence-electron chi connectivity index (χ1n) is 14.3. The van der Waals surface area contributed by atoms with E-state index in [1.54, 1.807) is 0 Å². The highest BCUT2D eigenvalue weighted by Gasteiger charge is 2.34. The zero-order valence-electron chi connectivity index (χ0n) is 27.2. The number of hydrogen-bond acceptors (Lipinski definition) is 1. The zero-order chi connectivity index (χ0) is 29.0. The molecule has 0 fully saturated rings. The van der Waals surface area contributed by atoms with Crippen molar-refractivity contribution in [3.05, 3.63) is 52.6 Å². The van der Waals surface area contributed by atoms with E-state index >= 15 is 0 Å². The summed E-state index contributed by atoms with van der Waals surface area (Å²) in [6.45, 7) is 36.9. The predicted molar refractivity (Wildman–Crippen MR) is 165 cm³/mol. The van der Waals surface area contributed by atoms with Crippen molar-refractivity contribution in [1.82, 2.24) is 0 Å². The van der Waals surface area contributed by atoms with Crippen LogP contribution < -0.4 is 0 Å². The molecule has 0 aliphatic carbocycles. The monoisotopic (exact) mass is 506 g/mol. The first-order chi connectivity index (χ1) is 16.2. The molecule has 0 unspecified atom stereocenters. The third-order valence-corrected chi connectivity index (χ3v) is 7.53. The van der Waals surface area contributed by atoms with Gasteiger partial charge in [-0.2, -0.15) is 0 Å². The van der Waals surface area contributed by atoms with E-state index in [-0.39, 0.29) is 32.5 Å². The van der Waals surface area contributed by atoms with Crippen LogP contribution in [0.25, 0.3) is 11.1 Å².